The summed E-state index contributed by atoms with van der Waals surface area (Å²) in [6.45, 7) is 6.58. The van der Waals surface area contributed by atoms with Gasteiger partial charge in [-0.3, -0.25) is 4.79 Å². The van der Waals surface area contributed by atoms with Crippen LogP contribution in [-0.4, -0.2) is 56.1 Å². The van der Waals surface area contributed by atoms with Gasteiger partial charge < -0.3 is 20.5 Å². The molecule has 0 radical (unpaired) electrons. The molecule has 0 spiro atoms. The third kappa shape index (κ3) is 3.35. The van der Waals surface area contributed by atoms with Gasteiger partial charge in [-0.2, -0.15) is 5.10 Å². The summed E-state index contributed by atoms with van der Waals surface area (Å²) in [6, 6.07) is 4.13. The van der Waals surface area contributed by atoms with E-state index in [0.717, 1.165) is 73.6 Å². The molecule has 2 atom stereocenters. The van der Waals surface area contributed by atoms with E-state index < -0.39 is 0 Å². The van der Waals surface area contributed by atoms with E-state index in [0.29, 0.717) is 5.69 Å². The van der Waals surface area contributed by atoms with E-state index in [-0.39, 0.29) is 18.0 Å². The zero-order chi connectivity index (χ0) is 20.8. The molecule has 2 fully saturated rings. The van der Waals surface area contributed by atoms with Crippen molar-refractivity contribution in [3.05, 3.63) is 47.0 Å². The Balaban J connectivity index is 1.47. The number of carbonyl (C=O) groups is 1. The molecule has 3 aromatic heterocycles. The largest absolute Gasteiger partial charge is 0.357 e. The highest BCUT2D eigenvalue weighted by atomic mass is 16.2. The molecule has 158 valence electrons. The van der Waals surface area contributed by atoms with Gasteiger partial charge in [-0.1, -0.05) is 0 Å². The average Bonchev–Trinajstić information content (AvgIpc) is 3.46. The predicted octanol–water partition coefficient (Wildman–Crippen LogP) is 2.58. The van der Waals surface area contributed by atoms with Gasteiger partial charge in [0.15, 0.2) is 5.65 Å². The predicted molar refractivity (Wildman–Crippen MR) is 116 cm³/mol. The van der Waals surface area contributed by atoms with Crippen LogP contribution in [0.3, 0.4) is 0 Å². The van der Waals surface area contributed by atoms with E-state index in [9.17, 15) is 4.79 Å². The standard InChI is InChI=1S/C22H29N7O/c1-14-9-18(24-11-14)22(30)28-7-4-3-5-19(28)17-10-20-25-21(15(2)12-29(20)26-17)27-8-6-16(23)13-27/h9-12,16,19,24H,3-8,13,23H2,1-2H3/t16-,19-/m0/s1. The molecule has 0 unspecified atom stereocenters. The molecule has 8 nitrogen and oxygen atoms in total. The fourth-order valence-electron chi connectivity index (χ4n) is 4.74. The van der Waals surface area contributed by atoms with Crippen molar-refractivity contribution in [1.29, 1.82) is 0 Å². The van der Waals surface area contributed by atoms with Crippen molar-refractivity contribution in [2.24, 2.45) is 5.73 Å². The van der Waals surface area contributed by atoms with Gasteiger partial charge in [0.2, 0.25) is 0 Å². The highest BCUT2D eigenvalue weighted by Crippen LogP contribution is 2.32. The monoisotopic (exact) mass is 407 g/mol. The van der Waals surface area contributed by atoms with Crippen molar-refractivity contribution in [1.82, 2.24) is 24.5 Å². The fourth-order valence-corrected chi connectivity index (χ4v) is 4.74. The lowest BCUT2D eigenvalue weighted by atomic mass is 9.99. The SMILES string of the molecule is Cc1c[nH]c(C(=O)N2CCCC[C@H]2c2cc3nc(N4CC[C@H](N)C4)c(C)cn3n2)c1. The number of aromatic amines is 1. The summed E-state index contributed by atoms with van der Waals surface area (Å²) < 4.78 is 1.85. The number of aromatic nitrogens is 4. The summed E-state index contributed by atoms with van der Waals surface area (Å²) in [5, 5.41) is 4.82. The molecular formula is C22H29N7O. The van der Waals surface area contributed by atoms with Gasteiger partial charge in [-0.25, -0.2) is 9.50 Å². The van der Waals surface area contributed by atoms with Crippen LogP contribution in [0.15, 0.2) is 24.5 Å². The zero-order valence-electron chi connectivity index (χ0n) is 17.6. The van der Waals surface area contributed by atoms with Crippen LogP contribution in [0.1, 0.15) is 59.0 Å². The van der Waals surface area contributed by atoms with Crippen LogP contribution in [0.5, 0.6) is 0 Å². The minimum atomic E-state index is -0.0273. The molecule has 2 saturated heterocycles. The van der Waals surface area contributed by atoms with Gasteiger partial charge in [0.1, 0.15) is 11.5 Å². The van der Waals surface area contributed by atoms with Gasteiger partial charge in [0, 0.05) is 49.7 Å². The second kappa shape index (κ2) is 7.43. The summed E-state index contributed by atoms with van der Waals surface area (Å²) in [5.74, 6) is 1.03. The molecule has 1 amide bonds. The molecule has 5 heterocycles. The Morgan fingerprint density at radius 1 is 1.20 bits per heavy atom. The number of hydrogen-bond donors (Lipinski definition) is 2. The number of nitrogens with one attached hydrogen (secondary N) is 1. The van der Waals surface area contributed by atoms with E-state index in [4.69, 9.17) is 15.8 Å². The Morgan fingerprint density at radius 3 is 2.80 bits per heavy atom. The second-order valence-corrected chi connectivity index (χ2v) is 8.72. The second-order valence-electron chi connectivity index (χ2n) is 8.72. The number of fused-ring (bicyclic) bond motifs is 1. The van der Waals surface area contributed by atoms with Crippen LogP contribution >= 0.6 is 0 Å². The molecule has 0 bridgehead atoms. The van der Waals surface area contributed by atoms with Crippen molar-refractivity contribution in [2.45, 2.75) is 51.6 Å². The molecule has 8 heteroatoms. The lowest BCUT2D eigenvalue weighted by Gasteiger charge is -2.34. The Bertz CT molecular complexity index is 1080. The third-order valence-corrected chi connectivity index (χ3v) is 6.31. The number of anilines is 1. The maximum absolute atomic E-state index is 13.2. The third-order valence-electron chi connectivity index (χ3n) is 6.31. The number of amides is 1. The number of carbonyl (C=O) groups excluding carboxylic acids is 1. The van der Waals surface area contributed by atoms with Crippen molar-refractivity contribution >= 4 is 17.4 Å². The molecular weight excluding hydrogens is 378 g/mol. The normalized spacial score (nSPS) is 22.2. The maximum atomic E-state index is 13.2. The summed E-state index contributed by atoms with van der Waals surface area (Å²) >= 11 is 0. The van der Waals surface area contributed by atoms with Crippen LogP contribution in [0.25, 0.3) is 5.65 Å². The van der Waals surface area contributed by atoms with E-state index in [1.807, 2.05) is 40.9 Å². The Labute approximate surface area is 176 Å². The number of nitrogens with two attached hydrogens (primary N) is 1. The smallest absolute Gasteiger partial charge is 0.270 e. The minimum Gasteiger partial charge on any atom is -0.357 e. The molecule has 0 saturated carbocycles. The first kappa shape index (κ1) is 19.1. The number of rotatable bonds is 3. The first-order valence-corrected chi connectivity index (χ1v) is 10.8. The van der Waals surface area contributed by atoms with Crippen molar-refractivity contribution in [3.63, 3.8) is 0 Å². The van der Waals surface area contributed by atoms with Gasteiger partial charge >= 0.3 is 0 Å². The van der Waals surface area contributed by atoms with Gasteiger partial charge in [0.05, 0.1) is 11.7 Å². The average molecular weight is 408 g/mol. The Morgan fingerprint density at radius 2 is 2.07 bits per heavy atom. The van der Waals surface area contributed by atoms with Crippen molar-refractivity contribution in [3.8, 4) is 0 Å². The number of piperidine rings is 1. The quantitative estimate of drug-likeness (QED) is 0.696. The zero-order valence-corrected chi connectivity index (χ0v) is 17.6. The topological polar surface area (TPSA) is 95.5 Å². The molecule has 3 aromatic rings. The number of likely N-dealkylation sites (tertiary alicyclic amines) is 1. The summed E-state index contributed by atoms with van der Waals surface area (Å²) in [5.41, 5.74) is 10.6. The van der Waals surface area contributed by atoms with E-state index in [1.54, 1.807) is 0 Å². The summed E-state index contributed by atoms with van der Waals surface area (Å²) in [7, 11) is 0. The Kier molecular flexibility index (Phi) is 4.73. The maximum Gasteiger partial charge on any atom is 0.270 e. The first-order valence-electron chi connectivity index (χ1n) is 10.8. The fraction of sp³-hybridized carbons (Fsp3) is 0.500. The molecule has 2 aliphatic heterocycles. The van der Waals surface area contributed by atoms with Crippen LogP contribution in [-0.2, 0) is 0 Å². The van der Waals surface area contributed by atoms with Crippen molar-refractivity contribution < 1.29 is 4.79 Å². The summed E-state index contributed by atoms with van der Waals surface area (Å²) in [6.07, 6.45) is 7.93. The van der Waals surface area contributed by atoms with Gasteiger partial charge in [-0.05, 0) is 51.2 Å². The number of aryl methyl sites for hydroxylation is 2. The van der Waals surface area contributed by atoms with E-state index >= 15 is 0 Å². The van der Waals surface area contributed by atoms with Crippen molar-refractivity contribution in [2.75, 3.05) is 24.5 Å². The number of hydrogen-bond acceptors (Lipinski definition) is 5. The first-order chi connectivity index (χ1) is 14.5. The summed E-state index contributed by atoms with van der Waals surface area (Å²) in [4.78, 5) is 25.4. The highest BCUT2D eigenvalue weighted by Gasteiger charge is 2.31. The molecule has 0 aromatic carbocycles. The molecule has 30 heavy (non-hydrogen) atoms. The number of H-pyrrole nitrogens is 1. The lowest BCUT2D eigenvalue weighted by Crippen LogP contribution is -2.38. The highest BCUT2D eigenvalue weighted by molar-refractivity contribution is 5.93. The van der Waals surface area contributed by atoms with Crippen LogP contribution < -0.4 is 10.6 Å². The Hall–Kier alpha value is -2.87. The molecule has 2 aliphatic rings. The van der Waals surface area contributed by atoms with Crippen LogP contribution in [0.2, 0.25) is 0 Å². The van der Waals surface area contributed by atoms with E-state index in [1.165, 1.54) is 0 Å². The molecule has 0 aliphatic carbocycles. The minimum absolute atomic E-state index is 0.0273. The van der Waals surface area contributed by atoms with Gasteiger partial charge in [-0.15, -0.1) is 0 Å². The molecule has 3 N–H and O–H groups in total. The van der Waals surface area contributed by atoms with E-state index in [2.05, 4.69) is 16.8 Å². The molecule has 5 rings (SSSR count). The number of nitrogens with zero attached hydrogens (tertiary/aromatic N) is 5. The van der Waals surface area contributed by atoms with Gasteiger partial charge in [0.25, 0.3) is 5.91 Å². The van der Waals surface area contributed by atoms with Crippen LogP contribution in [0, 0.1) is 13.8 Å². The van der Waals surface area contributed by atoms with Crippen LogP contribution in [0.4, 0.5) is 5.82 Å². The lowest BCUT2D eigenvalue weighted by molar-refractivity contribution is 0.0600.